The standard InChI is InChI=1S/C13H24N2O/c1-9(13(4,5)6)7-14-8-12-15-10(2)11(3)16-12/h9,14H,7-8H2,1-6H3. The van der Waals surface area contributed by atoms with Crippen LogP contribution in [-0.2, 0) is 6.54 Å². The molecule has 1 unspecified atom stereocenters. The molecular weight excluding hydrogens is 200 g/mol. The summed E-state index contributed by atoms with van der Waals surface area (Å²) >= 11 is 0. The molecular formula is C13H24N2O. The first-order valence-electron chi connectivity index (χ1n) is 5.94. The van der Waals surface area contributed by atoms with Crippen molar-refractivity contribution < 1.29 is 4.42 Å². The van der Waals surface area contributed by atoms with Crippen molar-refractivity contribution in [2.24, 2.45) is 11.3 Å². The molecule has 1 aromatic rings. The molecule has 0 radical (unpaired) electrons. The summed E-state index contributed by atoms with van der Waals surface area (Å²) in [4.78, 5) is 4.34. The van der Waals surface area contributed by atoms with Crippen LogP contribution in [-0.4, -0.2) is 11.5 Å². The van der Waals surface area contributed by atoms with Crippen LogP contribution in [0.4, 0.5) is 0 Å². The van der Waals surface area contributed by atoms with Crippen LogP contribution < -0.4 is 5.32 Å². The Morgan fingerprint density at radius 3 is 2.38 bits per heavy atom. The number of nitrogens with zero attached hydrogens (tertiary/aromatic N) is 1. The van der Waals surface area contributed by atoms with Crippen LogP contribution in [0, 0.1) is 25.2 Å². The summed E-state index contributed by atoms with van der Waals surface area (Å²) in [6.07, 6.45) is 0. The van der Waals surface area contributed by atoms with Crippen molar-refractivity contribution in [1.29, 1.82) is 0 Å². The fraction of sp³-hybridized carbons (Fsp3) is 0.769. The number of aromatic nitrogens is 1. The Morgan fingerprint density at radius 1 is 1.31 bits per heavy atom. The summed E-state index contributed by atoms with van der Waals surface area (Å²) in [5, 5.41) is 3.39. The van der Waals surface area contributed by atoms with Crippen molar-refractivity contribution in [3.63, 3.8) is 0 Å². The monoisotopic (exact) mass is 224 g/mol. The highest BCUT2D eigenvalue weighted by Crippen LogP contribution is 2.24. The molecule has 16 heavy (non-hydrogen) atoms. The second-order valence-corrected chi connectivity index (χ2v) is 5.65. The zero-order valence-electron chi connectivity index (χ0n) is 11.3. The molecule has 0 aliphatic rings. The number of hydrogen-bond donors (Lipinski definition) is 1. The molecule has 0 saturated heterocycles. The predicted octanol–water partition coefficient (Wildman–Crippen LogP) is 3.06. The first-order valence-corrected chi connectivity index (χ1v) is 5.94. The highest BCUT2D eigenvalue weighted by Gasteiger charge is 2.19. The van der Waals surface area contributed by atoms with Crippen LogP contribution in [0.5, 0.6) is 0 Å². The number of nitrogens with one attached hydrogen (secondary N) is 1. The van der Waals surface area contributed by atoms with E-state index in [4.69, 9.17) is 4.42 Å². The van der Waals surface area contributed by atoms with E-state index in [1.807, 2.05) is 13.8 Å². The molecule has 0 aliphatic carbocycles. The lowest BCUT2D eigenvalue weighted by atomic mass is 9.82. The summed E-state index contributed by atoms with van der Waals surface area (Å²) in [7, 11) is 0. The van der Waals surface area contributed by atoms with Crippen molar-refractivity contribution in [3.8, 4) is 0 Å². The minimum atomic E-state index is 0.343. The molecule has 3 heteroatoms. The van der Waals surface area contributed by atoms with Gasteiger partial charge in [0.05, 0.1) is 12.2 Å². The van der Waals surface area contributed by atoms with Gasteiger partial charge in [0, 0.05) is 0 Å². The van der Waals surface area contributed by atoms with Gasteiger partial charge in [-0.1, -0.05) is 27.7 Å². The minimum absolute atomic E-state index is 0.343. The number of rotatable bonds is 4. The minimum Gasteiger partial charge on any atom is -0.444 e. The van der Waals surface area contributed by atoms with Gasteiger partial charge in [0.1, 0.15) is 5.76 Å². The maximum absolute atomic E-state index is 5.51. The summed E-state index contributed by atoms with van der Waals surface area (Å²) in [6.45, 7) is 14.7. The molecule has 1 atom stereocenters. The van der Waals surface area contributed by atoms with E-state index in [1.165, 1.54) is 0 Å². The van der Waals surface area contributed by atoms with E-state index >= 15 is 0 Å². The largest absolute Gasteiger partial charge is 0.444 e. The van der Waals surface area contributed by atoms with Gasteiger partial charge in [-0.15, -0.1) is 0 Å². The van der Waals surface area contributed by atoms with Gasteiger partial charge in [-0.2, -0.15) is 0 Å². The van der Waals surface area contributed by atoms with E-state index < -0.39 is 0 Å². The van der Waals surface area contributed by atoms with Gasteiger partial charge in [-0.05, 0) is 31.7 Å². The topological polar surface area (TPSA) is 38.1 Å². The van der Waals surface area contributed by atoms with Gasteiger partial charge in [0.2, 0.25) is 5.89 Å². The Morgan fingerprint density at radius 2 is 1.94 bits per heavy atom. The van der Waals surface area contributed by atoms with Gasteiger partial charge >= 0.3 is 0 Å². The average Bonchev–Trinajstić information content (AvgIpc) is 2.44. The summed E-state index contributed by atoms with van der Waals surface area (Å²) < 4.78 is 5.51. The lowest BCUT2D eigenvalue weighted by Crippen LogP contribution is -2.29. The van der Waals surface area contributed by atoms with E-state index in [0.717, 1.165) is 30.4 Å². The zero-order valence-corrected chi connectivity index (χ0v) is 11.3. The average molecular weight is 224 g/mol. The SMILES string of the molecule is Cc1nc(CNCC(C)C(C)(C)C)oc1C. The highest BCUT2D eigenvalue weighted by atomic mass is 16.4. The first kappa shape index (κ1) is 13.2. The quantitative estimate of drug-likeness (QED) is 0.854. The Hall–Kier alpha value is -0.830. The third-order valence-corrected chi connectivity index (χ3v) is 3.28. The van der Waals surface area contributed by atoms with E-state index in [-0.39, 0.29) is 0 Å². The normalized spacial score (nSPS) is 14.1. The Labute approximate surface area is 98.6 Å². The summed E-state index contributed by atoms with van der Waals surface area (Å²) in [5.74, 6) is 2.33. The summed E-state index contributed by atoms with van der Waals surface area (Å²) in [5.41, 5.74) is 1.33. The fourth-order valence-corrected chi connectivity index (χ4v) is 1.32. The summed E-state index contributed by atoms with van der Waals surface area (Å²) in [6, 6.07) is 0. The Balaban J connectivity index is 2.36. The number of hydrogen-bond acceptors (Lipinski definition) is 3. The molecule has 0 amide bonds. The van der Waals surface area contributed by atoms with E-state index in [0.29, 0.717) is 11.3 Å². The Bertz CT molecular complexity index is 317. The maximum atomic E-state index is 5.51. The molecule has 0 fully saturated rings. The predicted molar refractivity (Wildman–Crippen MR) is 66.3 cm³/mol. The fourth-order valence-electron chi connectivity index (χ4n) is 1.32. The van der Waals surface area contributed by atoms with E-state index in [2.05, 4.69) is 38.0 Å². The molecule has 0 aliphatic heterocycles. The lowest BCUT2D eigenvalue weighted by molar-refractivity contribution is 0.250. The van der Waals surface area contributed by atoms with Crippen molar-refractivity contribution in [2.45, 2.75) is 48.1 Å². The number of oxazole rings is 1. The van der Waals surface area contributed by atoms with Crippen LogP contribution in [0.15, 0.2) is 4.42 Å². The van der Waals surface area contributed by atoms with Crippen LogP contribution in [0.3, 0.4) is 0 Å². The number of aryl methyl sites for hydroxylation is 2. The van der Waals surface area contributed by atoms with Crippen LogP contribution >= 0.6 is 0 Å². The molecule has 1 heterocycles. The van der Waals surface area contributed by atoms with Gasteiger partial charge in [0.15, 0.2) is 0 Å². The Kier molecular flexibility index (Phi) is 4.14. The van der Waals surface area contributed by atoms with Gasteiger partial charge in [-0.3, -0.25) is 0 Å². The van der Waals surface area contributed by atoms with Crippen molar-refractivity contribution in [3.05, 3.63) is 17.3 Å². The van der Waals surface area contributed by atoms with Crippen molar-refractivity contribution in [2.75, 3.05) is 6.54 Å². The van der Waals surface area contributed by atoms with E-state index in [1.54, 1.807) is 0 Å². The molecule has 0 bridgehead atoms. The van der Waals surface area contributed by atoms with Crippen molar-refractivity contribution in [1.82, 2.24) is 10.3 Å². The van der Waals surface area contributed by atoms with Gasteiger partial charge < -0.3 is 9.73 Å². The zero-order chi connectivity index (χ0) is 12.3. The molecule has 1 aromatic heterocycles. The second kappa shape index (κ2) is 5.00. The van der Waals surface area contributed by atoms with Gasteiger partial charge in [-0.25, -0.2) is 4.98 Å². The lowest BCUT2D eigenvalue weighted by Gasteiger charge is -2.27. The molecule has 0 spiro atoms. The molecule has 3 nitrogen and oxygen atoms in total. The van der Waals surface area contributed by atoms with Crippen LogP contribution in [0.25, 0.3) is 0 Å². The third-order valence-electron chi connectivity index (χ3n) is 3.28. The first-order chi connectivity index (χ1) is 7.30. The van der Waals surface area contributed by atoms with Crippen LogP contribution in [0.2, 0.25) is 0 Å². The van der Waals surface area contributed by atoms with Crippen molar-refractivity contribution >= 4 is 0 Å². The molecule has 92 valence electrons. The maximum Gasteiger partial charge on any atom is 0.208 e. The van der Waals surface area contributed by atoms with E-state index in [9.17, 15) is 0 Å². The molecule has 0 aromatic carbocycles. The van der Waals surface area contributed by atoms with Gasteiger partial charge in [0.25, 0.3) is 0 Å². The molecule has 0 saturated carbocycles. The van der Waals surface area contributed by atoms with Crippen LogP contribution in [0.1, 0.15) is 45.0 Å². The third kappa shape index (κ3) is 3.63. The second-order valence-electron chi connectivity index (χ2n) is 5.65. The highest BCUT2D eigenvalue weighted by molar-refractivity contribution is 5.05. The molecule has 1 N–H and O–H groups in total. The molecule has 1 rings (SSSR count). The smallest absolute Gasteiger partial charge is 0.208 e.